The number of nitrogens with zero attached hydrogens (tertiary/aromatic N) is 4. The van der Waals surface area contributed by atoms with Crippen LogP contribution in [0.4, 0.5) is 5.69 Å². The van der Waals surface area contributed by atoms with Gasteiger partial charge in [-0.2, -0.15) is 0 Å². The van der Waals surface area contributed by atoms with Crippen molar-refractivity contribution in [1.29, 1.82) is 0 Å². The lowest BCUT2D eigenvalue weighted by molar-refractivity contribution is 0.303. The minimum Gasteiger partial charge on any atom is -0.367 e. The van der Waals surface area contributed by atoms with Crippen LogP contribution < -0.4 is 10.2 Å². The van der Waals surface area contributed by atoms with Crippen molar-refractivity contribution in [3.05, 3.63) is 29.3 Å². The van der Waals surface area contributed by atoms with E-state index in [0.29, 0.717) is 6.04 Å². The van der Waals surface area contributed by atoms with E-state index in [9.17, 15) is 0 Å². The molecule has 0 aromatic heterocycles. The van der Waals surface area contributed by atoms with Crippen molar-refractivity contribution < 1.29 is 0 Å². The van der Waals surface area contributed by atoms with Gasteiger partial charge in [0.1, 0.15) is 0 Å². The lowest BCUT2D eigenvalue weighted by atomic mass is 10.2. The second-order valence-electron chi connectivity index (χ2n) is 6.63. The molecule has 2 aliphatic rings. The Morgan fingerprint density at radius 1 is 1.20 bits per heavy atom. The van der Waals surface area contributed by atoms with Gasteiger partial charge in [-0.25, -0.2) is 0 Å². The summed E-state index contributed by atoms with van der Waals surface area (Å²) in [6.07, 6.45) is 2.58. The molecule has 3 rings (SSSR count). The number of nitrogens with one attached hydrogen (secondary N) is 1. The number of para-hydroxylation sites is 1. The first-order valence-corrected chi connectivity index (χ1v) is 9.22. The standard InChI is InChI=1S/C18H28ClN5.HI/c1-20-18(21-14-15-6-5-9-22(15)2)24-12-10-23(11-13-24)17-8-4-3-7-16(17)19;/h3-4,7-8,15H,5-6,9-14H2,1-2H3,(H,20,21);1H. The average Bonchev–Trinajstić information content (AvgIpc) is 3.02. The summed E-state index contributed by atoms with van der Waals surface area (Å²) < 4.78 is 0. The summed E-state index contributed by atoms with van der Waals surface area (Å²) in [7, 11) is 4.09. The Morgan fingerprint density at radius 2 is 1.92 bits per heavy atom. The minimum atomic E-state index is 0. The number of piperazine rings is 1. The van der Waals surface area contributed by atoms with E-state index in [0.717, 1.165) is 49.4 Å². The Morgan fingerprint density at radius 3 is 2.52 bits per heavy atom. The van der Waals surface area contributed by atoms with Gasteiger partial charge in [0.25, 0.3) is 0 Å². The van der Waals surface area contributed by atoms with Gasteiger partial charge in [0.15, 0.2) is 5.96 Å². The van der Waals surface area contributed by atoms with Gasteiger partial charge in [0.05, 0.1) is 10.7 Å². The molecule has 1 aromatic rings. The fraction of sp³-hybridized carbons (Fsp3) is 0.611. The largest absolute Gasteiger partial charge is 0.367 e. The summed E-state index contributed by atoms with van der Waals surface area (Å²) in [4.78, 5) is 11.6. The van der Waals surface area contributed by atoms with Crippen LogP contribution in [-0.4, -0.2) is 75.2 Å². The topological polar surface area (TPSA) is 34.1 Å². The van der Waals surface area contributed by atoms with Gasteiger partial charge in [0, 0.05) is 45.8 Å². The summed E-state index contributed by atoms with van der Waals surface area (Å²) >= 11 is 6.32. The zero-order chi connectivity index (χ0) is 16.9. The highest BCUT2D eigenvalue weighted by Gasteiger charge is 2.24. The summed E-state index contributed by atoms with van der Waals surface area (Å²) in [5.74, 6) is 1.02. The van der Waals surface area contributed by atoms with Crippen LogP contribution in [0.25, 0.3) is 0 Å². The number of guanidine groups is 1. The first-order valence-electron chi connectivity index (χ1n) is 8.84. The lowest BCUT2D eigenvalue weighted by Crippen LogP contribution is -2.54. The third-order valence-electron chi connectivity index (χ3n) is 5.15. The fourth-order valence-electron chi connectivity index (χ4n) is 3.65. The van der Waals surface area contributed by atoms with Crippen molar-refractivity contribution >= 4 is 47.2 Å². The molecule has 2 aliphatic heterocycles. The number of halogens is 2. The van der Waals surface area contributed by atoms with Crippen LogP contribution in [-0.2, 0) is 0 Å². The Balaban J connectivity index is 0.00000225. The molecular weight excluding hydrogens is 449 g/mol. The molecule has 0 amide bonds. The highest BCUT2D eigenvalue weighted by Crippen LogP contribution is 2.26. The minimum absolute atomic E-state index is 0. The van der Waals surface area contributed by atoms with E-state index < -0.39 is 0 Å². The summed E-state index contributed by atoms with van der Waals surface area (Å²) in [5, 5.41) is 4.40. The normalized spacial score (nSPS) is 22.0. The van der Waals surface area contributed by atoms with Gasteiger partial charge >= 0.3 is 0 Å². The summed E-state index contributed by atoms with van der Waals surface area (Å²) in [6.45, 7) is 6.05. The maximum Gasteiger partial charge on any atom is 0.193 e. The van der Waals surface area contributed by atoms with Crippen molar-refractivity contribution in [1.82, 2.24) is 15.1 Å². The molecule has 0 aliphatic carbocycles. The molecule has 1 aromatic carbocycles. The van der Waals surface area contributed by atoms with E-state index in [1.165, 1.54) is 19.4 Å². The molecule has 25 heavy (non-hydrogen) atoms. The van der Waals surface area contributed by atoms with E-state index >= 15 is 0 Å². The predicted molar refractivity (Wildman–Crippen MR) is 118 cm³/mol. The smallest absolute Gasteiger partial charge is 0.193 e. The Kier molecular flexibility index (Phi) is 8.09. The first-order chi connectivity index (χ1) is 11.7. The van der Waals surface area contributed by atoms with Gasteiger partial charge in [-0.15, -0.1) is 24.0 Å². The molecule has 5 nitrogen and oxygen atoms in total. The van der Waals surface area contributed by atoms with Crippen molar-refractivity contribution in [2.45, 2.75) is 18.9 Å². The van der Waals surface area contributed by atoms with Crippen LogP contribution >= 0.6 is 35.6 Å². The van der Waals surface area contributed by atoms with Crippen LogP contribution in [0.5, 0.6) is 0 Å². The molecule has 140 valence electrons. The number of hydrogen-bond donors (Lipinski definition) is 1. The molecule has 0 saturated carbocycles. The predicted octanol–water partition coefficient (Wildman–Crippen LogP) is 2.75. The Bertz CT molecular complexity index is 574. The van der Waals surface area contributed by atoms with E-state index in [2.05, 4.69) is 38.1 Å². The van der Waals surface area contributed by atoms with Crippen molar-refractivity contribution in [3.63, 3.8) is 0 Å². The molecule has 2 fully saturated rings. The van der Waals surface area contributed by atoms with Crippen LogP contribution in [0.15, 0.2) is 29.3 Å². The van der Waals surface area contributed by atoms with Crippen LogP contribution in [0.2, 0.25) is 5.02 Å². The maximum atomic E-state index is 6.32. The third-order valence-corrected chi connectivity index (χ3v) is 5.47. The molecule has 0 bridgehead atoms. The van der Waals surface area contributed by atoms with Crippen molar-refractivity contribution in [2.75, 3.05) is 58.3 Å². The molecule has 7 heteroatoms. The molecule has 2 heterocycles. The number of likely N-dealkylation sites (tertiary alicyclic amines) is 1. The number of likely N-dealkylation sites (N-methyl/N-ethyl adjacent to an activating group) is 1. The van der Waals surface area contributed by atoms with Gasteiger partial charge in [-0.05, 0) is 38.6 Å². The molecule has 1 N–H and O–H groups in total. The second kappa shape index (κ2) is 9.83. The quantitative estimate of drug-likeness (QED) is 0.412. The molecular formula is C18H29ClIN5. The van der Waals surface area contributed by atoms with E-state index in [1.807, 2.05) is 25.2 Å². The number of anilines is 1. The maximum absolute atomic E-state index is 6.32. The SMILES string of the molecule is CN=C(NCC1CCCN1C)N1CCN(c2ccccc2Cl)CC1.I. The van der Waals surface area contributed by atoms with Gasteiger partial charge in [0.2, 0.25) is 0 Å². The Labute approximate surface area is 173 Å². The van der Waals surface area contributed by atoms with E-state index in [4.69, 9.17) is 11.6 Å². The van der Waals surface area contributed by atoms with Crippen LogP contribution in [0.1, 0.15) is 12.8 Å². The molecule has 1 unspecified atom stereocenters. The van der Waals surface area contributed by atoms with Gasteiger partial charge in [-0.1, -0.05) is 23.7 Å². The monoisotopic (exact) mass is 477 g/mol. The number of aliphatic imine (C=N–C) groups is 1. The Hall–Kier alpha value is -0.730. The molecule has 0 radical (unpaired) electrons. The van der Waals surface area contributed by atoms with E-state index in [1.54, 1.807) is 0 Å². The van der Waals surface area contributed by atoms with Crippen molar-refractivity contribution in [2.24, 2.45) is 4.99 Å². The fourth-order valence-corrected chi connectivity index (χ4v) is 3.90. The molecule has 2 saturated heterocycles. The lowest BCUT2D eigenvalue weighted by Gasteiger charge is -2.38. The third kappa shape index (κ3) is 5.14. The first kappa shape index (κ1) is 20.6. The highest BCUT2D eigenvalue weighted by molar-refractivity contribution is 14.0. The number of rotatable bonds is 3. The highest BCUT2D eigenvalue weighted by atomic mass is 127. The molecule has 0 spiro atoms. The average molecular weight is 478 g/mol. The van der Waals surface area contributed by atoms with Crippen LogP contribution in [0, 0.1) is 0 Å². The van der Waals surface area contributed by atoms with Gasteiger partial charge in [-0.3, -0.25) is 4.99 Å². The zero-order valence-electron chi connectivity index (χ0n) is 15.1. The number of benzene rings is 1. The second-order valence-corrected chi connectivity index (χ2v) is 7.04. The number of hydrogen-bond acceptors (Lipinski definition) is 3. The summed E-state index contributed by atoms with van der Waals surface area (Å²) in [5.41, 5.74) is 1.13. The summed E-state index contributed by atoms with van der Waals surface area (Å²) in [6, 6.07) is 8.72. The van der Waals surface area contributed by atoms with Crippen molar-refractivity contribution in [3.8, 4) is 0 Å². The van der Waals surface area contributed by atoms with Gasteiger partial charge < -0.3 is 20.0 Å². The molecule has 1 atom stereocenters. The van der Waals surface area contributed by atoms with E-state index in [-0.39, 0.29) is 24.0 Å². The zero-order valence-corrected chi connectivity index (χ0v) is 18.2. The van der Waals surface area contributed by atoms with Crippen LogP contribution in [0.3, 0.4) is 0 Å².